The second kappa shape index (κ2) is 10.8. The topological polar surface area (TPSA) is 96.5 Å². The Morgan fingerprint density at radius 3 is 2.35 bits per heavy atom. The number of carbonyl (C=O) groups excluding carboxylic acids is 3. The minimum absolute atomic E-state index is 0.00404. The van der Waals surface area contributed by atoms with Crippen molar-refractivity contribution in [3.05, 3.63) is 58.6 Å². The van der Waals surface area contributed by atoms with E-state index in [0.717, 1.165) is 25.7 Å². The molecule has 1 fully saturated rings. The van der Waals surface area contributed by atoms with Crippen molar-refractivity contribution in [1.82, 2.24) is 5.32 Å². The smallest absolute Gasteiger partial charge is 0.337 e. The molecule has 3 N–H and O–H groups in total. The second-order valence-electron chi connectivity index (χ2n) is 7.47. The molecule has 1 aliphatic rings. The number of nitrogens with one attached hydrogen (secondary N) is 3. The van der Waals surface area contributed by atoms with Crippen molar-refractivity contribution in [1.29, 1.82) is 0 Å². The van der Waals surface area contributed by atoms with Crippen molar-refractivity contribution in [2.24, 2.45) is 0 Å². The average Bonchev–Trinajstić information content (AvgIpc) is 2.79. The van der Waals surface area contributed by atoms with Crippen LogP contribution in [0.15, 0.2) is 42.5 Å². The van der Waals surface area contributed by atoms with E-state index in [-0.39, 0.29) is 24.4 Å². The molecule has 7 nitrogen and oxygen atoms in total. The maximum absolute atomic E-state index is 12.6. The van der Waals surface area contributed by atoms with E-state index in [1.165, 1.54) is 13.5 Å². The monoisotopic (exact) mass is 443 g/mol. The number of ether oxygens (including phenoxy) is 1. The number of hydrogen-bond donors (Lipinski definition) is 3. The van der Waals surface area contributed by atoms with Crippen molar-refractivity contribution in [2.45, 2.75) is 38.1 Å². The molecule has 0 saturated heterocycles. The van der Waals surface area contributed by atoms with Crippen LogP contribution in [0, 0.1) is 0 Å². The van der Waals surface area contributed by atoms with Gasteiger partial charge in [0, 0.05) is 17.4 Å². The fourth-order valence-corrected chi connectivity index (χ4v) is 3.72. The molecule has 0 atom stereocenters. The van der Waals surface area contributed by atoms with E-state index in [2.05, 4.69) is 20.7 Å². The minimum Gasteiger partial charge on any atom is -0.465 e. The molecule has 8 heteroatoms. The summed E-state index contributed by atoms with van der Waals surface area (Å²) in [6.45, 7) is 0.00404. The maximum Gasteiger partial charge on any atom is 0.337 e. The Labute approximate surface area is 186 Å². The number of amides is 2. The van der Waals surface area contributed by atoms with E-state index in [0.29, 0.717) is 27.5 Å². The quantitative estimate of drug-likeness (QED) is 0.556. The first-order valence-electron chi connectivity index (χ1n) is 10.3. The Kier molecular flexibility index (Phi) is 7.89. The molecule has 2 amide bonds. The Balaban J connectivity index is 1.55. The fourth-order valence-electron chi connectivity index (χ4n) is 3.51. The van der Waals surface area contributed by atoms with Gasteiger partial charge < -0.3 is 20.7 Å². The third-order valence-electron chi connectivity index (χ3n) is 5.19. The number of methoxy groups -OCH3 is 1. The van der Waals surface area contributed by atoms with Crippen molar-refractivity contribution in [3.63, 3.8) is 0 Å². The minimum atomic E-state index is -0.439. The zero-order valence-electron chi connectivity index (χ0n) is 17.4. The largest absolute Gasteiger partial charge is 0.465 e. The summed E-state index contributed by atoms with van der Waals surface area (Å²) in [6.07, 6.45) is 5.44. The van der Waals surface area contributed by atoms with Crippen LogP contribution in [-0.4, -0.2) is 37.5 Å². The third-order valence-corrected chi connectivity index (χ3v) is 5.52. The summed E-state index contributed by atoms with van der Waals surface area (Å²) in [5.41, 5.74) is 1.97. The summed E-state index contributed by atoms with van der Waals surface area (Å²) in [6, 6.07) is 11.6. The zero-order valence-corrected chi connectivity index (χ0v) is 18.1. The van der Waals surface area contributed by atoms with Gasteiger partial charge in [0.25, 0.3) is 5.91 Å². The lowest BCUT2D eigenvalue weighted by molar-refractivity contribution is -0.114. The normalized spacial score (nSPS) is 13.9. The highest BCUT2D eigenvalue weighted by Gasteiger charge is 2.18. The van der Waals surface area contributed by atoms with E-state index in [1.54, 1.807) is 42.5 Å². The van der Waals surface area contributed by atoms with Crippen LogP contribution in [0.2, 0.25) is 5.02 Å². The van der Waals surface area contributed by atoms with Gasteiger partial charge in [-0.1, -0.05) is 30.9 Å². The molecule has 1 aliphatic carbocycles. The fraction of sp³-hybridized carbons (Fsp3) is 0.348. The molecule has 2 aromatic rings. The molecule has 31 heavy (non-hydrogen) atoms. The Morgan fingerprint density at radius 1 is 1.00 bits per heavy atom. The van der Waals surface area contributed by atoms with Gasteiger partial charge in [-0.3, -0.25) is 9.59 Å². The van der Waals surface area contributed by atoms with E-state index in [9.17, 15) is 14.4 Å². The van der Waals surface area contributed by atoms with Crippen LogP contribution in [0.1, 0.15) is 52.8 Å². The predicted molar refractivity (Wildman–Crippen MR) is 121 cm³/mol. The molecule has 0 radical (unpaired) electrons. The maximum atomic E-state index is 12.6. The summed E-state index contributed by atoms with van der Waals surface area (Å²) in [7, 11) is 1.31. The first-order valence-corrected chi connectivity index (χ1v) is 10.7. The van der Waals surface area contributed by atoms with Gasteiger partial charge in [0.05, 0.1) is 29.8 Å². The number of anilines is 2. The molecule has 0 bridgehead atoms. The van der Waals surface area contributed by atoms with Crippen molar-refractivity contribution < 1.29 is 19.1 Å². The van der Waals surface area contributed by atoms with Gasteiger partial charge in [-0.2, -0.15) is 0 Å². The van der Waals surface area contributed by atoms with Gasteiger partial charge in [0.1, 0.15) is 0 Å². The van der Waals surface area contributed by atoms with Crippen LogP contribution in [-0.2, 0) is 9.53 Å². The van der Waals surface area contributed by atoms with Crippen LogP contribution in [0.25, 0.3) is 0 Å². The molecule has 0 heterocycles. The third kappa shape index (κ3) is 6.46. The number of esters is 1. The zero-order chi connectivity index (χ0) is 22.2. The summed E-state index contributed by atoms with van der Waals surface area (Å²) in [4.78, 5) is 36.3. The van der Waals surface area contributed by atoms with Gasteiger partial charge in [0.15, 0.2) is 0 Å². The Morgan fingerprint density at radius 2 is 1.68 bits per heavy atom. The standard InChI is InChI=1S/C23H26ClN3O4/c1-31-23(30)15-7-9-17(10-8-15)26-21(28)14-25-18-11-12-20(24)19(13-18)22(29)27-16-5-3-2-4-6-16/h7-13,16,25H,2-6,14H2,1H3,(H,26,28)(H,27,29). The SMILES string of the molecule is COC(=O)c1ccc(NC(=O)CNc2ccc(Cl)c(C(=O)NC3CCCCC3)c2)cc1. The second-order valence-corrected chi connectivity index (χ2v) is 7.88. The van der Waals surface area contributed by atoms with E-state index in [1.807, 2.05) is 0 Å². The summed E-state index contributed by atoms with van der Waals surface area (Å²) < 4.78 is 4.65. The van der Waals surface area contributed by atoms with E-state index < -0.39 is 5.97 Å². The van der Waals surface area contributed by atoms with Crippen molar-refractivity contribution >= 4 is 40.8 Å². The van der Waals surface area contributed by atoms with Gasteiger partial charge in [-0.05, 0) is 55.3 Å². The van der Waals surface area contributed by atoms with Crippen LogP contribution < -0.4 is 16.0 Å². The van der Waals surface area contributed by atoms with E-state index >= 15 is 0 Å². The number of hydrogen-bond acceptors (Lipinski definition) is 5. The van der Waals surface area contributed by atoms with Crippen LogP contribution in [0.5, 0.6) is 0 Å². The molecule has 0 spiro atoms. The highest BCUT2D eigenvalue weighted by molar-refractivity contribution is 6.34. The number of benzene rings is 2. The molecule has 1 saturated carbocycles. The van der Waals surface area contributed by atoms with Crippen LogP contribution in [0.3, 0.4) is 0 Å². The van der Waals surface area contributed by atoms with Gasteiger partial charge in [-0.15, -0.1) is 0 Å². The lowest BCUT2D eigenvalue weighted by atomic mass is 9.95. The van der Waals surface area contributed by atoms with Gasteiger partial charge >= 0.3 is 5.97 Å². The molecule has 0 unspecified atom stereocenters. The molecule has 2 aromatic carbocycles. The lowest BCUT2D eigenvalue weighted by Crippen LogP contribution is -2.36. The summed E-state index contributed by atoms with van der Waals surface area (Å²) in [5, 5.41) is 9.17. The van der Waals surface area contributed by atoms with Crippen molar-refractivity contribution in [2.75, 3.05) is 24.3 Å². The van der Waals surface area contributed by atoms with Crippen LogP contribution in [0.4, 0.5) is 11.4 Å². The molecule has 0 aromatic heterocycles. The molecule has 0 aliphatic heterocycles. The van der Waals surface area contributed by atoms with Crippen LogP contribution >= 0.6 is 11.6 Å². The lowest BCUT2D eigenvalue weighted by Gasteiger charge is -2.23. The highest BCUT2D eigenvalue weighted by atomic mass is 35.5. The summed E-state index contributed by atoms with van der Waals surface area (Å²) in [5.74, 6) is -0.907. The van der Waals surface area contributed by atoms with Gasteiger partial charge in [-0.25, -0.2) is 4.79 Å². The number of carbonyl (C=O) groups is 3. The van der Waals surface area contributed by atoms with Gasteiger partial charge in [0.2, 0.25) is 5.91 Å². The highest BCUT2D eigenvalue weighted by Crippen LogP contribution is 2.23. The molecule has 164 valence electrons. The Bertz CT molecular complexity index is 940. The first kappa shape index (κ1) is 22.6. The Hall–Kier alpha value is -3.06. The van der Waals surface area contributed by atoms with E-state index in [4.69, 9.17) is 11.6 Å². The summed E-state index contributed by atoms with van der Waals surface area (Å²) >= 11 is 6.22. The molecular weight excluding hydrogens is 418 g/mol. The molecular formula is C23H26ClN3O4. The number of rotatable bonds is 7. The number of halogens is 1. The first-order chi connectivity index (χ1) is 15.0. The average molecular weight is 444 g/mol. The van der Waals surface area contributed by atoms with Crippen molar-refractivity contribution in [3.8, 4) is 0 Å². The predicted octanol–water partition coefficient (Wildman–Crippen LogP) is 4.24. The molecule has 3 rings (SSSR count).